The molecule has 0 fully saturated rings. The van der Waals surface area contributed by atoms with Gasteiger partial charge in [-0.05, 0) is 38.1 Å². The third kappa shape index (κ3) is 3.31. The Morgan fingerprint density at radius 1 is 0.667 bits per heavy atom. The molecule has 0 saturated carbocycles. The summed E-state index contributed by atoms with van der Waals surface area (Å²) in [6.45, 7) is 4.17. The van der Waals surface area contributed by atoms with Crippen LogP contribution in [0.3, 0.4) is 0 Å². The van der Waals surface area contributed by atoms with Crippen molar-refractivity contribution in [2.45, 2.75) is 29.3 Å². The first-order valence-electron chi connectivity index (χ1n) is 8.66. The highest BCUT2D eigenvalue weighted by atomic mass is 32.1. The van der Waals surface area contributed by atoms with Crippen LogP contribution in [0.1, 0.15) is 13.8 Å². The van der Waals surface area contributed by atoms with E-state index in [1.807, 2.05) is 82.4 Å². The predicted octanol–water partition coefficient (Wildman–Crippen LogP) is 5.23. The summed E-state index contributed by atoms with van der Waals surface area (Å²) in [6, 6.07) is 19.9. The van der Waals surface area contributed by atoms with Crippen molar-refractivity contribution in [3.05, 3.63) is 73.1 Å². The summed E-state index contributed by atoms with van der Waals surface area (Å²) >= 11 is 9.08. The van der Waals surface area contributed by atoms with E-state index in [0.717, 1.165) is 32.3 Å². The van der Waals surface area contributed by atoms with Crippen molar-refractivity contribution in [1.82, 2.24) is 19.6 Å². The van der Waals surface area contributed by atoms with Crippen molar-refractivity contribution >= 4 is 25.3 Å². The van der Waals surface area contributed by atoms with Crippen LogP contribution in [0.25, 0.3) is 22.5 Å². The van der Waals surface area contributed by atoms with Gasteiger partial charge in [0.25, 0.3) is 0 Å². The third-order valence-electron chi connectivity index (χ3n) is 4.66. The molecule has 0 N–H and O–H groups in total. The highest BCUT2D eigenvalue weighted by Gasteiger charge is 2.25. The molecule has 0 saturated heterocycles. The fourth-order valence-corrected chi connectivity index (χ4v) is 3.58. The molecular formula is C21H20N4S2. The van der Waals surface area contributed by atoms with Crippen molar-refractivity contribution in [1.29, 1.82) is 0 Å². The van der Waals surface area contributed by atoms with Crippen LogP contribution in [0.15, 0.2) is 82.8 Å². The maximum atomic E-state index is 4.78. The zero-order chi connectivity index (χ0) is 19.0. The molecule has 0 unspecified atom stereocenters. The average Bonchev–Trinajstić information content (AvgIpc) is 3.33. The van der Waals surface area contributed by atoms with Crippen LogP contribution >= 0.6 is 25.3 Å². The predicted molar refractivity (Wildman–Crippen MR) is 115 cm³/mol. The molecule has 2 aromatic carbocycles. The van der Waals surface area contributed by atoms with E-state index in [-0.39, 0.29) is 0 Å². The van der Waals surface area contributed by atoms with Crippen molar-refractivity contribution in [3.8, 4) is 22.5 Å². The Morgan fingerprint density at radius 3 is 1.48 bits per heavy atom. The van der Waals surface area contributed by atoms with E-state index in [2.05, 4.69) is 39.1 Å². The summed E-state index contributed by atoms with van der Waals surface area (Å²) in [5.74, 6) is 0. The van der Waals surface area contributed by atoms with E-state index in [1.165, 1.54) is 0 Å². The standard InChI is InChI=1S/C21H20N4S2/c1-21(2,24-13-11-17(22-24)15-7-3-5-9-19(15)26)25-14-12-18(23-25)16-8-4-6-10-20(16)27/h3-14,26-27H,1-2H3. The van der Waals surface area contributed by atoms with Crippen LogP contribution in [0, 0.1) is 0 Å². The van der Waals surface area contributed by atoms with Gasteiger partial charge in [-0.25, -0.2) is 9.36 Å². The van der Waals surface area contributed by atoms with Crippen LogP contribution in [0.4, 0.5) is 0 Å². The Kier molecular flexibility index (Phi) is 4.61. The Morgan fingerprint density at radius 2 is 1.07 bits per heavy atom. The summed E-state index contributed by atoms with van der Waals surface area (Å²) in [5.41, 5.74) is 3.35. The van der Waals surface area contributed by atoms with Gasteiger partial charge in [0.15, 0.2) is 0 Å². The Bertz CT molecular complexity index is 1010. The molecule has 0 aliphatic heterocycles. The van der Waals surface area contributed by atoms with E-state index in [0.29, 0.717) is 0 Å². The maximum absolute atomic E-state index is 4.78. The quantitative estimate of drug-likeness (QED) is 0.466. The molecule has 0 radical (unpaired) electrons. The van der Waals surface area contributed by atoms with Gasteiger partial charge in [0, 0.05) is 33.3 Å². The zero-order valence-corrected chi connectivity index (χ0v) is 16.9. The fourth-order valence-electron chi connectivity index (χ4n) is 3.03. The minimum absolute atomic E-state index is 0.465. The summed E-state index contributed by atoms with van der Waals surface area (Å²) in [7, 11) is 0. The van der Waals surface area contributed by atoms with Gasteiger partial charge >= 0.3 is 0 Å². The lowest BCUT2D eigenvalue weighted by Crippen LogP contribution is -2.35. The van der Waals surface area contributed by atoms with Gasteiger partial charge in [0.05, 0.1) is 11.4 Å². The van der Waals surface area contributed by atoms with E-state index in [4.69, 9.17) is 10.2 Å². The molecule has 4 aromatic rings. The summed E-state index contributed by atoms with van der Waals surface area (Å²) < 4.78 is 3.85. The zero-order valence-electron chi connectivity index (χ0n) is 15.1. The van der Waals surface area contributed by atoms with Crippen molar-refractivity contribution in [2.75, 3.05) is 0 Å². The molecule has 0 aliphatic rings. The van der Waals surface area contributed by atoms with Gasteiger partial charge in [-0.3, -0.25) is 0 Å². The van der Waals surface area contributed by atoms with Crippen LogP contribution < -0.4 is 0 Å². The topological polar surface area (TPSA) is 35.6 Å². The molecule has 4 nitrogen and oxygen atoms in total. The Hall–Kier alpha value is -2.44. The third-order valence-corrected chi connectivity index (χ3v) is 5.44. The van der Waals surface area contributed by atoms with Gasteiger partial charge in [0.1, 0.15) is 5.66 Å². The number of aromatic nitrogens is 4. The number of benzene rings is 2. The van der Waals surface area contributed by atoms with Crippen molar-refractivity contribution < 1.29 is 0 Å². The first-order valence-corrected chi connectivity index (χ1v) is 9.55. The molecule has 27 heavy (non-hydrogen) atoms. The molecule has 2 aromatic heterocycles. The van der Waals surface area contributed by atoms with E-state index < -0.39 is 5.66 Å². The molecule has 136 valence electrons. The SMILES string of the molecule is CC(C)(n1ccc(-c2ccccc2S)n1)n1ccc(-c2ccccc2S)n1. The van der Waals surface area contributed by atoms with E-state index in [9.17, 15) is 0 Å². The molecule has 0 amide bonds. The molecule has 0 aliphatic carbocycles. The lowest BCUT2D eigenvalue weighted by Gasteiger charge is -2.26. The van der Waals surface area contributed by atoms with Gasteiger partial charge in [-0.1, -0.05) is 36.4 Å². The number of thiol groups is 2. The average molecular weight is 393 g/mol. The number of rotatable bonds is 4. The Balaban J connectivity index is 1.69. The number of hydrogen-bond donors (Lipinski definition) is 2. The maximum Gasteiger partial charge on any atom is 0.148 e. The fraction of sp³-hybridized carbons (Fsp3) is 0.143. The molecule has 0 bridgehead atoms. The van der Waals surface area contributed by atoms with Crippen LogP contribution in [0.5, 0.6) is 0 Å². The van der Waals surface area contributed by atoms with Crippen LogP contribution in [-0.2, 0) is 5.66 Å². The number of hydrogen-bond acceptors (Lipinski definition) is 4. The second-order valence-electron chi connectivity index (χ2n) is 6.82. The lowest BCUT2D eigenvalue weighted by atomic mass is 10.1. The van der Waals surface area contributed by atoms with E-state index >= 15 is 0 Å². The highest BCUT2D eigenvalue weighted by Crippen LogP contribution is 2.29. The lowest BCUT2D eigenvalue weighted by molar-refractivity contribution is 0.236. The van der Waals surface area contributed by atoms with Crippen LogP contribution in [0.2, 0.25) is 0 Å². The molecule has 0 spiro atoms. The summed E-state index contributed by atoms with van der Waals surface area (Å²) in [5, 5.41) is 9.56. The first kappa shape index (κ1) is 17.9. The second kappa shape index (κ2) is 6.94. The largest absolute Gasteiger partial charge is 0.245 e. The van der Waals surface area contributed by atoms with Gasteiger partial charge in [-0.15, -0.1) is 25.3 Å². The van der Waals surface area contributed by atoms with Gasteiger partial charge in [-0.2, -0.15) is 10.2 Å². The van der Waals surface area contributed by atoms with Crippen molar-refractivity contribution in [3.63, 3.8) is 0 Å². The monoisotopic (exact) mass is 392 g/mol. The Labute approximate surface area is 169 Å². The summed E-state index contributed by atoms with van der Waals surface area (Å²) in [6.07, 6.45) is 3.95. The summed E-state index contributed by atoms with van der Waals surface area (Å²) in [4.78, 5) is 1.82. The van der Waals surface area contributed by atoms with Crippen LogP contribution in [-0.4, -0.2) is 19.6 Å². The van der Waals surface area contributed by atoms with Gasteiger partial charge in [0.2, 0.25) is 0 Å². The van der Waals surface area contributed by atoms with E-state index in [1.54, 1.807) is 0 Å². The minimum atomic E-state index is -0.465. The number of nitrogens with zero attached hydrogens (tertiary/aromatic N) is 4. The first-order chi connectivity index (χ1) is 13.0. The van der Waals surface area contributed by atoms with Crippen molar-refractivity contribution in [2.24, 2.45) is 0 Å². The smallest absolute Gasteiger partial charge is 0.148 e. The minimum Gasteiger partial charge on any atom is -0.245 e. The molecular weight excluding hydrogens is 372 g/mol. The molecule has 2 heterocycles. The normalized spacial score (nSPS) is 11.7. The second-order valence-corrected chi connectivity index (χ2v) is 7.78. The molecule has 4 rings (SSSR count). The highest BCUT2D eigenvalue weighted by molar-refractivity contribution is 7.80. The molecule has 6 heteroatoms. The van der Waals surface area contributed by atoms with Gasteiger partial charge < -0.3 is 0 Å². The molecule has 0 atom stereocenters.